The summed E-state index contributed by atoms with van der Waals surface area (Å²) in [5, 5.41) is 38.4. The molecule has 2 amide bonds. The first-order valence-electron chi connectivity index (χ1n) is 39.2. The second-order valence-corrected chi connectivity index (χ2v) is 33.8. The number of benzene rings is 6. The van der Waals surface area contributed by atoms with Gasteiger partial charge in [-0.25, -0.2) is 29.1 Å². The molecule has 0 bridgehead atoms. The number of para-hydroxylation sites is 2. The number of aliphatic carboxylic acids is 1. The Labute approximate surface area is 776 Å². The number of amides is 2. The van der Waals surface area contributed by atoms with Crippen molar-refractivity contribution >= 4 is 181 Å². The first-order chi connectivity index (χ1) is 59.0. The lowest BCUT2D eigenvalue weighted by Gasteiger charge is -2.37. The van der Waals surface area contributed by atoms with Crippen molar-refractivity contribution in [3.63, 3.8) is 0 Å². The number of carbonyl (C=O) groups excluding carboxylic acids is 2. The van der Waals surface area contributed by atoms with Crippen LogP contribution in [0.5, 0.6) is 23.0 Å². The Morgan fingerprint density at radius 2 is 0.913 bits per heavy atom. The Bertz CT molecular complexity index is 4890. The van der Waals surface area contributed by atoms with Crippen molar-refractivity contribution in [2.24, 2.45) is 0 Å². The highest BCUT2D eigenvalue weighted by atomic mass is 35.5. The molecule has 126 heavy (non-hydrogen) atoms. The van der Waals surface area contributed by atoms with Gasteiger partial charge in [-0.2, -0.15) is 13.2 Å². The van der Waals surface area contributed by atoms with Gasteiger partial charge in [0, 0.05) is 111 Å². The molecular weight excluding hydrogens is 1830 g/mol. The molecule has 6 aliphatic rings. The molecule has 0 atom stereocenters. The molecule has 4 saturated heterocycles. The van der Waals surface area contributed by atoms with E-state index in [0.29, 0.717) is 99.4 Å². The molecule has 2 aromatic heterocycles. The monoisotopic (exact) mass is 1930 g/mol. The van der Waals surface area contributed by atoms with Crippen LogP contribution in [0.1, 0.15) is 72.1 Å². The summed E-state index contributed by atoms with van der Waals surface area (Å²) in [6.07, 6.45) is 9.34. The van der Waals surface area contributed by atoms with E-state index >= 15 is 0 Å². The number of nitro groups is 2. The van der Waals surface area contributed by atoms with E-state index in [0.717, 1.165) is 129 Å². The van der Waals surface area contributed by atoms with Gasteiger partial charge < -0.3 is 74.7 Å². The molecule has 43 heteroatoms. The normalized spacial score (nSPS) is 15.4. The molecule has 0 aliphatic carbocycles. The van der Waals surface area contributed by atoms with Crippen LogP contribution in [0.4, 0.5) is 74.7 Å². The summed E-state index contributed by atoms with van der Waals surface area (Å²) in [5.74, 6) is -0.502. The molecule has 6 aromatic carbocycles. The highest BCUT2D eigenvalue weighted by Gasteiger charge is 2.39. The van der Waals surface area contributed by atoms with Crippen LogP contribution in [0.15, 0.2) is 137 Å². The van der Waals surface area contributed by atoms with Gasteiger partial charge >= 0.3 is 12.1 Å². The number of halogens is 10. The van der Waals surface area contributed by atoms with Gasteiger partial charge in [-0.05, 0) is 188 Å². The number of hydrogen-bond acceptors (Lipinski definition) is 28. The maximum absolute atomic E-state index is 13.2. The van der Waals surface area contributed by atoms with Gasteiger partial charge in [-0.15, -0.1) is 24.8 Å². The molecule has 14 rings (SSSR count). The van der Waals surface area contributed by atoms with Crippen molar-refractivity contribution in [2.45, 2.75) is 96.9 Å². The maximum atomic E-state index is 13.2. The number of alkyl halides is 3. The molecule has 8 aromatic rings. The number of carbonyl (C=O) groups is 3. The number of ether oxygens (including phenoxy) is 4. The van der Waals surface area contributed by atoms with E-state index < -0.39 is 27.8 Å². The van der Waals surface area contributed by atoms with Gasteiger partial charge in [0.1, 0.15) is 27.3 Å². The van der Waals surface area contributed by atoms with Crippen LogP contribution in [0.3, 0.4) is 0 Å². The van der Waals surface area contributed by atoms with Gasteiger partial charge in [0.2, 0.25) is 5.95 Å². The van der Waals surface area contributed by atoms with E-state index in [-0.39, 0.29) is 53.8 Å². The molecule has 0 unspecified atom stereocenters. The standard InChI is InChI=1S/C26H28Cl2N6O2S.C14H21N3O3.C14H23N3O.C13H9Cl2N3OS2.C7H6FNO3.C7H16N2.C2HF3O2.2ClH/c1-32(2)17-9-11-33(12-10-17)21-8-7-16(13-22(21)36-3)30-26-29-14-18-24(31-26)37-15-34(25(18)35)23-19(27)5-4-6-20(23)28;1-15(2)11-6-8-16(9-7-11)13-5-4-12(17(18)19)10-14(13)20-3;1-16(2)12-6-8-17(9-7-12)13-5-4-11(15)10-14(13)18-3;1-20-13-16-5-7-11(17-13)21-6-18(12(7)19)10-8(14)3-2-4-9(10)15;1-12-7-4-5(9(10)11)2-3-6(7)8;1-9(2)7-3-5-8-6-4-7;3-2(4,5)1(6)7;;/h4-8,13-14,17H,9-12,15H2,1-3H3,(H,29,30,31);4-5,10-11H,6-9H2,1-3H3;4-5,10,12H,6-9,15H2,1-3H3;2-5H,6H2,1H3;2-4H,1H3;7-8H,3-6H2,1-2H3;(H,6,7);2*1H. The Morgan fingerprint density at radius 3 is 1.29 bits per heavy atom. The van der Waals surface area contributed by atoms with Crippen molar-refractivity contribution in [1.29, 1.82) is 0 Å². The zero-order valence-corrected chi connectivity index (χ0v) is 79.0. The first-order valence-corrected chi connectivity index (χ1v) is 43.9. The van der Waals surface area contributed by atoms with E-state index in [1.807, 2.05) is 30.5 Å². The molecule has 0 radical (unpaired) electrons. The summed E-state index contributed by atoms with van der Waals surface area (Å²) >= 11 is 29.4. The van der Waals surface area contributed by atoms with E-state index in [2.05, 4.69) is 138 Å². The summed E-state index contributed by atoms with van der Waals surface area (Å²) in [4.78, 5) is 91.5. The summed E-state index contributed by atoms with van der Waals surface area (Å²) in [6, 6.07) is 32.9. The number of hydrogen-bond donors (Lipinski definition) is 4. The SMILES string of the molecule is CN(C)C1CCNCC1.COc1cc(N)ccc1N1CCC(N(C)C)CC1.COc1cc(Nc2ncc3c(n2)SCN(c2c(Cl)cccc2Cl)C3=O)ccc1N1CCC(N(C)C)CC1.COc1cc([N+](=O)[O-])ccc1F.COc1cc([N+](=O)[O-])ccc1N1CCC(N(C)C)CC1.CSc1ncc2c(n1)SCN(c1c(Cl)cccc1Cl)C2=O.Cl.Cl.O=C(O)C(F)(F)F. The van der Waals surface area contributed by atoms with Gasteiger partial charge in [0.25, 0.3) is 23.2 Å². The molecule has 0 saturated carbocycles. The third-order valence-electron chi connectivity index (χ3n) is 20.9. The van der Waals surface area contributed by atoms with Gasteiger partial charge in [-0.3, -0.25) is 39.6 Å². The fraction of sp³-hybridized carbons (Fsp3) is 0.434. The lowest BCUT2D eigenvalue weighted by Crippen LogP contribution is -2.42. The summed E-state index contributed by atoms with van der Waals surface area (Å²) in [6.45, 7) is 8.40. The zero-order valence-electron chi connectivity index (χ0n) is 71.9. The molecule has 5 N–H and O–H groups in total. The number of fused-ring (bicyclic) bond motifs is 2. The van der Waals surface area contributed by atoms with Crippen LogP contribution in [0, 0.1) is 26.0 Å². The first kappa shape index (κ1) is 106. The maximum Gasteiger partial charge on any atom is 0.490 e. The van der Waals surface area contributed by atoms with E-state index in [1.165, 1.54) is 99.5 Å². The highest BCUT2D eigenvalue weighted by molar-refractivity contribution is 8.00. The highest BCUT2D eigenvalue weighted by Crippen LogP contribution is 2.44. The number of nitrogens with two attached hydrogens (primary N) is 1. The Balaban J connectivity index is 0.000000241. The summed E-state index contributed by atoms with van der Waals surface area (Å²) in [5.41, 5.74) is 12.3. The van der Waals surface area contributed by atoms with Crippen molar-refractivity contribution in [3.05, 3.63) is 179 Å². The summed E-state index contributed by atoms with van der Waals surface area (Å²) < 4.78 is 65.4. The number of carboxylic acids is 1. The topological polar surface area (TPSA) is 325 Å². The van der Waals surface area contributed by atoms with Crippen molar-refractivity contribution in [1.82, 2.24) is 44.9 Å². The van der Waals surface area contributed by atoms with Crippen LogP contribution in [-0.2, 0) is 4.79 Å². The van der Waals surface area contributed by atoms with Crippen molar-refractivity contribution in [2.75, 3.05) is 191 Å². The van der Waals surface area contributed by atoms with E-state index in [1.54, 1.807) is 79.8 Å². The number of anilines is 8. The third kappa shape index (κ3) is 29.6. The van der Waals surface area contributed by atoms with E-state index in [4.69, 9.17) is 76.2 Å². The van der Waals surface area contributed by atoms with Crippen LogP contribution in [0.2, 0.25) is 20.1 Å². The number of nitrogens with one attached hydrogen (secondary N) is 2. The number of nitro benzene ring substituents is 2. The second-order valence-electron chi connectivity index (χ2n) is 29.6. The predicted molar refractivity (Wildman–Crippen MR) is 501 cm³/mol. The molecule has 4 fully saturated rings. The van der Waals surface area contributed by atoms with Crippen LogP contribution in [-0.4, -0.2) is 258 Å². The molecule has 8 heterocycles. The fourth-order valence-electron chi connectivity index (χ4n) is 14.0. The smallest absolute Gasteiger partial charge is 0.490 e. The number of nitrogen functional groups attached to an aromatic ring is 1. The average molecular weight is 1930 g/mol. The van der Waals surface area contributed by atoms with Gasteiger partial charge in [0.15, 0.2) is 16.7 Å². The number of rotatable bonds is 18. The number of methoxy groups -OCH3 is 4. The Morgan fingerprint density at radius 1 is 0.556 bits per heavy atom. The molecule has 688 valence electrons. The van der Waals surface area contributed by atoms with Crippen LogP contribution < -0.4 is 59.8 Å². The predicted octanol–water partition coefficient (Wildman–Crippen LogP) is 17.5. The largest absolute Gasteiger partial charge is 0.495 e. The number of aromatic nitrogens is 4. The minimum Gasteiger partial charge on any atom is -0.495 e. The Hall–Kier alpha value is -8.80. The lowest BCUT2D eigenvalue weighted by atomic mass is 10.0. The zero-order chi connectivity index (χ0) is 90.8. The van der Waals surface area contributed by atoms with Gasteiger partial charge in [0.05, 0.1) is 122 Å². The average Bonchev–Trinajstić information content (AvgIpc) is 0.778. The number of piperidine rings is 4. The van der Waals surface area contributed by atoms with Crippen LogP contribution in [0.25, 0.3) is 0 Å². The number of non-ortho nitro benzene ring substituents is 2. The number of nitrogens with zero attached hydrogens (tertiary/aromatic N) is 15. The molecule has 0 spiro atoms. The minimum atomic E-state index is -5.08. The summed E-state index contributed by atoms with van der Waals surface area (Å²) in [7, 11) is 23.3. The van der Waals surface area contributed by atoms with Crippen molar-refractivity contribution < 1.29 is 65.8 Å². The minimum absolute atomic E-state index is 0. The number of carboxylic acid groups (broad SMARTS) is 1. The lowest BCUT2D eigenvalue weighted by molar-refractivity contribution is -0.385. The Kier molecular flexibility index (Phi) is 42.7. The molecule has 6 aliphatic heterocycles. The molecule has 30 nitrogen and oxygen atoms in total. The van der Waals surface area contributed by atoms with E-state index in [9.17, 15) is 47.4 Å². The quantitative estimate of drug-likeness (QED) is 0.0118. The fourth-order valence-corrected chi connectivity index (χ4v) is 17.5. The van der Waals surface area contributed by atoms with Crippen molar-refractivity contribution in [3.8, 4) is 23.0 Å². The third-order valence-corrected chi connectivity index (χ3v) is 24.7. The number of thioether (sulfide) groups is 3. The van der Waals surface area contributed by atoms with Crippen LogP contribution >= 0.6 is 107 Å². The second kappa shape index (κ2) is 50.8. The van der Waals surface area contributed by atoms with Gasteiger partial charge in [-0.1, -0.05) is 93.8 Å². The molecular formula is C83H106Cl6F4N18O12S3.